The molecule has 0 bridgehead atoms. The van der Waals surface area contributed by atoms with Crippen LogP contribution in [0.15, 0.2) is 29.8 Å². The zero-order valence-corrected chi connectivity index (χ0v) is 14.8. The third-order valence-electron chi connectivity index (χ3n) is 3.64. The van der Waals surface area contributed by atoms with E-state index >= 15 is 0 Å². The zero-order chi connectivity index (χ0) is 17.6. The highest BCUT2D eigenvalue weighted by molar-refractivity contribution is 6.01. The van der Waals surface area contributed by atoms with Crippen molar-refractivity contribution in [2.45, 2.75) is 52.4 Å². The smallest absolute Gasteiger partial charge is 0.261 e. The van der Waals surface area contributed by atoms with E-state index in [0.29, 0.717) is 13.2 Å². The predicted molar refractivity (Wildman–Crippen MR) is 97.6 cm³/mol. The van der Waals surface area contributed by atoms with Crippen LogP contribution in [0.2, 0.25) is 0 Å². The summed E-state index contributed by atoms with van der Waals surface area (Å²) in [6.07, 6.45) is 8.11. The lowest BCUT2D eigenvalue weighted by molar-refractivity contribution is -0.117. The lowest BCUT2D eigenvalue weighted by Crippen LogP contribution is -2.25. The van der Waals surface area contributed by atoms with E-state index in [1.807, 2.05) is 30.3 Å². The highest BCUT2D eigenvalue weighted by Crippen LogP contribution is 2.15. The van der Waals surface area contributed by atoms with Crippen molar-refractivity contribution in [3.63, 3.8) is 0 Å². The number of carbonyl (C=O) groups excluding carboxylic acids is 1. The molecule has 0 radical (unpaired) electrons. The summed E-state index contributed by atoms with van der Waals surface area (Å²) >= 11 is 0. The van der Waals surface area contributed by atoms with Gasteiger partial charge in [-0.2, -0.15) is 5.26 Å². The number of nitrogens with one attached hydrogen (secondary N) is 1. The number of rotatable bonds is 11. The summed E-state index contributed by atoms with van der Waals surface area (Å²) < 4.78 is 5.60. The number of carbonyl (C=O) groups is 1. The van der Waals surface area contributed by atoms with E-state index < -0.39 is 0 Å². The molecule has 1 rings (SSSR count). The van der Waals surface area contributed by atoms with Crippen LogP contribution in [0, 0.1) is 11.3 Å². The van der Waals surface area contributed by atoms with E-state index in [4.69, 9.17) is 4.74 Å². The molecule has 4 nitrogen and oxygen atoms in total. The summed E-state index contributed by atoms with van der Waals surface area (Å²) in [7, 11) is 0. The summed E-state index contributed by atoms with van der Waals surface area (Å²) in [6, 6.07) is 9.41. The first-order valence-corrected chi connectivity index (χ1v) is 8.84. The standard InChI is InChI=1S/C20H28N2O2/c1-3-5-7-8-13-22-20(23)18(16-21)15-17-9-11-19(12-10-17)24-14-6-4-2/h9-12,15H,3-8,13-14H2,1-2H3,(H,22,23)/b18-15+. The van der Waals surface area contributed by atoms with Crippen LogP contribution in [0.4, 0.5) is 0 Å². The Hall–Kier alpha value is -2.28. The van der Waals surface area contributed by atoms with Crippen LogP contribution in [0.1, 0.15) is 57.9 Å². The molecule has 4 heteroatoms. The lowest BCUT2D eigenvalue weighted by Gasteiger charge is -2.06. The molecular formula is C20H28N2O2. The fourth-order valence-corrected chi connectivity index (χ4v) is 2.16. The molecule has 1 amide bonds. The fraction of sp³-hybridized carbons (Fsp3) is 0.500. The van der Waals surface area contributed by atoms with Gasteiger partial charge in [0.1, 0.15) is 17.4 Å². The number of hydrogen-bond acceptors (Lipinski definition) is 3. The highest BCUT2D eigenvalue weighted by Gasteiger charge is 2.08. The van der Waals surface area contributed by atoms with Crippen molar-refractivity contribution in [2.24, 2.45) is 0 Å². The Morgan fingerprint density at radius 3 is 2.46 bits per heavy atom. The van der Waals surface area contributed by atoms with Crippen LogP contribution in [-0.4, -0.2) is 19.1 Å². The molecule has 0 spiro atoms. The molecule has 0 unspecified atom stereocenters. The molecule has 0 saturated carbocycles. The molecule has 0 aliphatic heterocycles. The van der Waals surface area contributed by atoms with Crippen LogP contribution >= 0.6 is 0 Å². The normalized spacial score (nSPS) is 11.0. The maximum atomic E-state index is 12.0. The van der Waals surface area contributed by atoms with Gasteiger partial charge in [-0.3, -0.25) is 4.79 Å². The van der Waals surface area contributed by atoms with E-state index in [1.165, 1.54) is 6.42 Å². The summed E-state index contributed by atoms with van der Waals surface area (Å²) in [5, 5.41) is 12.0. The van der Waals surface area contributed by atoms with Gasteiger partial charge in [-0.25, -0.2) is 0 Å². The summed E-state index contributed by atoms with van der Waals surface area (Å²) in [6.45, 7) is 5.59. The Bertz CT molecular complexity index is 556. The van der Waals surface area contributed by atoms with Gasteiger partial charge in [-0.05, 0) is 36.6 Å². The first kappa shape index (κ1) is 19.8. The summed E-state index contributed by atoms with van der Waals surface area (Å²) in [4.78, 5) is 12.0. The minimum atomic E-state index is -0.308. The average molecular weight is 328 g/mol. The molecule has 1 aromatic carbocycles. The Kier molecular flexibility index (Phi) is 10.0. The van der Waals surface area contributed by atoms with Crippen LogP contribution in [0.5, 0.6) is 5.75 Å². The van der Waals surface area contributed by atoms with E-state index in [9.17, 15) is 10.1 Å². The topological polar surface area (TPSA) is 62.1 Å². The molecule has 0 atom stereocenters. The number of nitriles is 1. The van der Waals surface area contributed by atoms with E-state index in [1.54, 1.807) is 6.08 Å². The van der Waals surface area contributed by atoms with Crippen LogP contribution in [0.3, 0.4) is 0 Å². The Morgan fingerprint density at radius 2 is 1.83 bits per heavy atom. The van der Waals surface area contributed by atoms with E-state index in [-0.39, 0.29) is 11.5 Å². The van der Waals surface area contributed by atoms with Crippen LogP contribution in [0.25, 0.3) is 6.08 Å². The highest BCUT2D eigenvalue weighted by atomic mass is 16.5. The van der Waals surface area contributed by atoms with Crippen molar-refractivity contribution in [1.82, 2.24) is 5.32 Å². The maximum Gasteiger partial charge on any atom is 0.261 e. The maximum absolute atomic E-state index is 12.0. The zero-order valence-electron chi connectivity index (χ0n) is 14.8. The SMILES string of the molecule is CCCCCCNC(=O)/C(C#N)=C/c1ccc(OCCCC)cc1. The second-order valence-corrected chi connectivity index (χ2v) is 5.76. The van der Waals surface area contributed by atoms with Gasteiger partial charge in [0.25, 0.3) is 5.91 Å². The third kappa shape index (κ3) is 7.82. The van der Waals surface area contributed by atoms with Crippen molar-refractivity contribution in [2.75, 3.05) is 13.2 Å². The van der Waals surface area contributed by atoms with Crippen molar-refractivity contribution >= 4 is 12.0 Å². The molecule has 0 aliphatic carbocycles. The second kappa shape index (κ2) is 12.2. The Labute approximate surface area is 145 Å². The summed E-state index contributed by atoms with van der Waals surface area (Å²) in [5.41, 5.74) is 0.945. The van der Waals surface area contributed by atoms with Gasteiger partial charge in [0.15, 0.2) is 0 Å². The predicted octanol–water partition coefficient (Wildman–Crippen LogP) is 4.47. The largest absolute Gasteiger partial charge is 0.494 e. The molecule has 0 heterocycles. The fourth-order valence-electron chi connectivity index (χ4n) is 2.16. The first-order chi connectivity index (χ1) is 11.7. The molecule has 0 aliphatic rings. The van der Waals surface area contributed by atoms with Crippen molar-refractivity contribution < 1.29 is 9.53 Å². The number of unbranched alkanes of at least 4 members (excludes halogenated alkanes) is 4. The molecule has 0 saturated heterocycles. The number of hydrogen-bond donors (Lipinski definition) is 1. The minimum absolute atomic E-state index is 0.130. The molecular weight excluding hydrogens is 300 g/mol. The van der Waals surface area contributed by atoms with Gasteiger partial charge in [-0.1, -0.05) is 51.7 Å². The average Bonchev–Trinajstić information content (AvgIpc) is 2.60. The minimum Gasteiger partial charge on any atom is -0.494 e. The van der Waals surface area contributed by atoms with E-state index in [2.05, 4.69) is 19.2 Å². The van der Waals surface area contributed by atoms with Crippen LogP contribution in [-0.2, 0) is 4.79 Å². The van der Waals surface area contributed by atoms with Gasteiger partial charge in [0.2, 0.25) is 0 Å². The monoisotopic (exact) mass is 328 g/mol. The van der Waals surface area contributed by atoms with Crippen molar-refractivity contribution in [3.8, 4) is 11.8 Å². The van der Waals surface area contributed by atoms with Gasteiger partial charge < -0.3 is 10.1 Å². The first-order valence-electron chi connectivity index (χ1n) is 8.84. The molecule has 1 N–H and O–H groups in total. The quantitative estimate of drug-likeness (QED) is 0.370. The lowest BCUT2D eigenvalue weighted by atomic mass is 10.1. The number of amides is 1. The number of ether oxygens (including phenoxy) is 1. The Morgan fingerprint density at radius 1 is 1.12 bits per heavy atom. The van der Waals surface area contributed by atoms with Gasteiger partial charge in [-0.15, -0.1) is 0 Å². The van der Waals surface area contributed by atoms with Crippen molar-refractivity contribution in [1.29, 1.82) is 5.26 Å². The summed E-state index contributed by atoms with van der Waals surface area (Å²) in [5.74, 6) is 0.497. The molecule has 0 fully saturated rings. The van der Waals surface area contributed by atoms with Gasteiger partial charge >= 0.3 is 0 Å². The van der Waals surface area contributed by atoms with E-state index in [0.717, 1.165) is 43.4 Å². The third-order valence-corrected chi connectivity index (χ3v) is 3.64. The Balaban J connectivity index is 2.54. The molecule has 1 aromatic rings. The van der Waals surface area contributed by atoms with Gasteiger partial charge in [0.05, 0.1) is 6.61 Å². The molecule has 24 heavy (non-hydrogen) atoms. The second-order valence-electron chi connectivity index (χ2n) is 5.76. The van der Waals surface area contributed by atoms with Gasteiger partial charge in [0, 0.05) is 6.54 Å². The number of nitrogens with zero attached hydrogens (tertiary/aromatic N) is 1. The van der Waals surface area contributed by atoms with Crippen molar-refractivity contribution in [3.05, 3.63) is 35.4 Å². The molecule has 0 aromatic heterocycles. The van der Waals surface area contributed by atoms with Crippen LogP contribution < -0.4 is 10.1 Å². The molecule has 130 valence electrons. The number of benzene rings is 1.